The van der Waals surface area contributed by atoms with Crippen LogP contribution < -0.4 is 5.32 Å². The van der Waals surface area contributed by atoms with Gasteiger partial charge in [0.2, 0.25) is 4.90 Å². The van der Waals surface area contributed by atoms with Gasteiger partial charge in [0.05, 0.1) is 39.6 Å². The summed E-state index contributed by atoms with van der Waals surface area (Å²) in [5.41, 5.74) is 8.20. The van der Waals surface area contributed by atoms with Crippen molar-refractivity contribution in [1.29, 1.82) is 0 Å². The molecular formula is C15H32N4O8P2. The first-order valence-corrected chi connectivity index (χ1v) is 12.5. The predicted octanol–water partition coefficient (Wildman–Crippen LogP) is 3.68. The van der Waals surface area contributed by atoms with E-state index < -0.39 is 26.0 Å². The number of ether oxygens (including phenoxy) is 1. The van der Waals surface area contributed by atoms with Gasteiger partial charge in [-0.15, -0.1) is 0 Å². The first kappa shape index (κ1) is 28.0. The SMILES string of the molecule is CCOP(=O)(OCC)C(C)(C(=O)NCCOCCN=[N+]=[N-])P(=O)(OCC)OCC. The van der Waals surface area contributed by atoms with Crippen LogP contribution in [0.5, 0.6) is 0 Å². The summed E-state index contributed by atoms with van der Waals surface area (Å²) in [6.45, 7) is 7.76. The molecule has 0 aromatic rings. The smallest absolute Gasteiger partial charge is 0.358 e. The second-order valence-electron chi connectivity index (χ2n) is 5.51. The Hall–Kier alpha value is -0.960. The van der Waals surface area contributed by atoms with Gasteiger partial charge in [0.25, 0.3) is 5.91 Å². The maximum absolute atomic E-state index is 13.6. The van der Waals surface area contributed by atoms with Crippen molar-refractivity contribution in [2.45, 2.75) is 39.5 Å². The second-order valence-corrected chi connectivity index (χ2v) is 10.7. The summed E-state index contributed by atoms with van der Waals surface area (Å²) in [5.74, 6) is -0.869. The number of hydrogen-bond donors (Lipinski definition) is 1. The normalized spacial score (nSPS) is 12.4. The van der Waals surface area contributed by atoms with Crippen LogP contribution in [0.15, 0.2) is 5.11 Å². The van der Waals surface area contributed by atoms with Crippen LogP contribution in [0.4, 0.5) is 0 Å². The van der Waals surface area contributed by atoms with Crippen LogP contribution in [-0.2, 0) is 36.8 Å². The zero-order chi connectivity index (χ0) is 22.4. The summed E-state index contributed by atoms with van der Waals surface area (Å²) in [6, 6.07) is 0. The fraction of sp³-hybridized carbons (Fsp3) is 0.933. The highest BCUT2D eigenvalue weighted by Crippen LogP contribution is 2.77. The average Bonchev–Trinajstić information content (AvgIpc) is 2.67. The number of azide groups is 1. The minimum atomic E-state index is -4.27. The third-order valence-corrected chi connectivity index (χ3v) is 10.0. The van der Waals surface area contributed by atoms with Crippen LogP contribution in [0.25, 0.3) is 10.4 Å². The molecule has 29 heavy (non-hydrogen) atoms. The number of nitrogens with zero attached hydrogens (tertiary/aromatic N) is 3. The number of nitrogens with one attached hydrogen (secondary N) is 1. The Kier molecular flexibility index (Phi) is 13.6. The summed E-state index contributed by atoms with van der Waals surface area (Å²) < 4.78 is 53.7. The van der Waals surface area contributed by atoms with Crippen molar-refractivity contribution in [3.63, 3.8) is 0 Å². The lowest BCUT2D eigenvalue weighted by atomic mass is 10.4. The highest BCUT2D eigenvalue weighted by atomic mass is 31.2. The third kappa shape index (κ3) is 7.35. The van der Waals surface area contributed by atoms with Gasteiger partial charge in [-0.05, 0) is 40.1 Å². The highest BCUT2D eigenvalue weighted by molar-refractivity contribution is 7.76. The van der Waals surface area contributed by atoms with E-state index in [1.165, 1.54) is 6.92 Å². The number of rotatable bonds is 17. The Morgan fingerprint density at radius 1 is 0.966 bits per heavy atom. The summed E-state index contributed by atoms with van der Waals surface area (Å²) in [4.78, 5) is 13.5. The van der Waals surface area contributed by atoms with Crippen molar-refractivity contribution in [3.05, 3.63) is 10.4 Å². The van der Waals surface area contributed by atoms with Crippen LogP contribution in [0.3, 0.4) is 0 Å². The summed E-state index contributed by atoms with van der Waals surface area (Å²) in [5, 5.41) is 5.85. The summed E-state index contributed by atoms with van der Waals surface area (Å²) in [7, 11) is -8.54. The molecule has 0 bridgehead atoms. The van der Waals surface area contributed by atoms with Gasteiger partial charge >= 0.3 is 15.2 Å². The molecule has 0 fully saturated rings. The van der Waals surface area contributed by atoms with Crippen LogP contribution in [-0.4, -0.2) is 63.5 Å². The van der Waals surface area contributed by atoms with Gasteiger partial charge in [0, 0.05) is 18.0 Å². The average molecular weight is 458 g/mol. The van der Waals surface area contributed by atoms with Crippen molar-refractivity contribution < 1.29 is 36.8 Å². The van der Waals surface area contributed by atoms with E-state index in [1.807, 2.05) is 0 Å². The van der Waals surface area contributed by atoms with E-state index in [9.17, 15) is 13.9 Å². The van der Waals surface area contributed by atoms with Crippen molar-refractivity contribution in [3.8, 4) is 0 Å². The lowest BCUT2D eigenvalue weighted by molar-refractivity contribution is -0.122. The molecule has 12 nitrogen and oxygen atoms in total. The molecule has 0 aromatic carbocycles. The first-order chi connectivity index (χ1) is 13.7. The van der Waals surface area contributed by atoms with E-state index in [4.69, 9.17) is 28.4 Å². The van der Waals surface area contributed by atoms with Crippen molar-refractivity contribution in [1.82, 2.24) is 5.32 Å². The van der Waals surface area contributed by atoms with E-state index in [1.54, 1.807) is 27.7 Å². The Morgan fingerprint density at radius 3 is 1.79 bits per heavy atom. The Labute approximate surface area is 171 Å². The van der Waals surface area contributed by atoms with E-state index >= 15 is 0 Å². The molecule has 1 amide bonds. The minimum absolute atomic E-state index is 0.0151. The zero-order valence-electron chi connectivity index (χ0n) is 17.7. The molecule has 0 aliphatic heterocycles. The molecule has 1 N–H and O–H groups in total. The monoisotopic (exact) mass is 458 g/mol. The number of carbonyl (C=O) groups excluding carboxylic acids is 1. The number of carbonyl (C=O) groups is 1. The topological polar surface area (TPSA) is 158 Å². The minimum Gasteiger partial charge on any atom is -0.379 e. The van der Waals surface area contributed by atoms with Gasteiger partial charge in [-0.1, -0.05) is 5.11 Å². The van der Waals surface area contributed by atoms with E-state index in [0.717, 1.165) is 0 Å². The van der Waals surface area contributed by atoms with Crippen LogP contribution in [0, 0.1) is 0 Å². The molecule has 0 saturated carbocycles. The van der Waals surface area contributed by atoms with Gasteiger partial charge in [-0.3, -0.25) is 13.9 Å². The standard InChI is InChI=1S/C15H32N4O8P2/c1-6-24-28(21,25-7-2)15(5,29(22,26-8-3)27-9-4)14(20)17-10-12-23-13-11-18-19-16/h6-13H2,1-5H3,(H,17,20). The van der Waals surface area contributed by atoms with Crippen molar-refractivity contribution in [2.75, 3.05) is 52.7 Å². The number of amides is 1. The Bertz CT molecular complexity index is 592. The molecule has 0 atom stereocenters. The quantitative estimate of drug-likeness (QED) is 0.114. The van der Waals surface area contributed by atoms with E-state index in [-0.39, 0.29) is 52.7 Å². The van der Waals surface area contributed by atoms with Crippen LogP contribution in [0.1, 0.15) is 34.6 Å². The van der Waals surface area contributed by atoms with Crippen LogP contribution in [0.2, 0.25) is 0 Å². The lowest BCUT2D eigenvalue weighted by Crippen LogP contribution is -2.47. The van der Waals surface area contributed by atoms with E-state index in [0.29, 0.717) is 0 Å². The first-order valence-electron chi connectivity index (χ1n) is 9.38. The molecule has 170 valence electrons. The fourth-order valence-electron chi connectivity index (χ4n) is 2.31. The maximum Gasteiger partial charge on any atom is 0.358 e. The molecule has 0 aromatic heterocycles. The summed E-state index contributed by atoms with van der Waals surface area (Å²) >= 11 is 0. The number of hydrogen-bond acceptors (Lipinski definition) is 9. The highest BCUT2D eigenvalue weighted by Gasteiger charge is 2.67. The molecule has 0 radical (unpaired) electrons. The molecule has 0 spiro atoms. The van der Waals surface area contributed by atoms with Crippen molar-refractivity contribution in [2.24, 2.45) is 5.11 Å². The van der Waals surface area contributed by atoms with Gasteiger partial charge in [-0.25, -0.2) is 0 Å². The molecular weight excluding hydrogens is 426 g/mol. The molecule has 0 aliphatic carbocycles. The third-order valence-electron chi connectivity index (χ3n) is 3.62. The van der Waals surface area contributed by atoms with Gasteiger partial charge in [0.15, 0.2) is 0 Å². The zero-order valence-corrected chi connectivity index (χ0v) is 19.4. The van der Waals surface area contributed by atoms with Gasteiger partial charge in [-0.2, -0.15) is 0 Å². The van der Waals surface area contributed by atoms with Gasteiger partial charge < -0.3 is 28.1 Å². The van der Waals surface area contributed by atoms with E-state index in [2.05, 4.69) is 15.3 Å². The van der Waals surface area contributed by atoms with Crippen molar-refractivity contribution >= 4 is 21.1 Å². The maximum atomic E-state index is 13.6. The Morgan fingerprint density at radius 2 is 1.41 bits per heavy atom. The molecule has 0 aliphatic rings. The Balaban J connectivity index is 5.73. The molecule has 0 saturated heterocycles. The predicted molar refractivity (Wildman–Crippen MR) is 108 cm³/mol. The molecule has 0 rings (SSSR count). The molecule has 14 heteroatoms. The largest absolute Gasteiger partial charge is 0.379 e. The molecule has 0 unspecified atom stereocenters. The summed E-state index contributed by atoms with van der Waals surface area (Å²) in [6.07, 6.45) is 0. The van der Waals surface area contributed by atoms with Gasteiger partial charge in [0.1, 0.15) is 0 Å². The second kappa shape index (κ2) is 14.1. The molecule has 0 heterocycles. The van der Waals surface area contributed by atoms with Crippen LogP contribution >= 0.6 is 15.2 Å². The lowest BCUT2D eigenvalue weighted by Gasteiger charge is -2.38. The fourth-order valence-corrected chi connectivity index (χ4v) is 7.37.